The zero-order chi connectivity index (χ0) is 15.6. The van der Waals surface area contributed by atoms with Crippen molar-refractivity contribution in [1.82, 2.24) is 0 Å². The highest BCUT2D eigenvalue weighted by molar-refractivity contribution is 7.92. The molecule has 8 heteroatoms. The Morgan fingerprint density at radius 2 is 1.86 bits per heavy atom. The Labute approximate surface area is 126 Å². The van der Waals surface area contributed by atoms with Gasteiger partial charge in [-0.25, -0.2) is 12.8 Å². The van der Waals surface area contributed by atoms with Crippen molar-refractivity contribution in [2.24, 2.45) is 0 Å². The van der Waals surface area contributed by atoms with Gasteiger partial charge in [-0.1, -0.05) is 11.6 Å². The first kappa shape index (κ1) is 15.4. The average Bonchev–Trinajstić information content (AvgIpc) is 2.41. The monoisotopic (exact) mass is 330 g/mol. The molecule has 0 bridgehead atoms. The Hall–Kier alpha value is -1.99. The number of nitrogens with two attached hydrogens (primary N) is 1. The molecule has 2 aromatic carbocycles. The summed E-state index contributed by atoms with van der Waals surface area (Å²) in [6, 6.07) is 8.00. The Morgan fingerprint density at radius 1 is 1.24 bits per heavy atom. The van der Waals surface area contributed by atoms with Crippen molar-refractivity contribution in [3.8, 4) is 5.75 Å². The SMILES string of the molecule is COc1c(N)cc(S(=O)(=O)Nc2ccc(Cl)cc2)cc1F. The normalized spacial score (nSPS) is 11.2. The summed E-state index contributed by atoms with van der Waals surface area (Å²) in [5.41, 5.74) is 5.77. The molecule has 21 heavy (non-hydrogen) atoms. The van der Waals surface area contributed by atoms with Crippen LogP contribution in [0.5, 0.6) is 5.75 Å². The summed E-state index contributed by atoms with van der Waals surface area (Å²) in [5.74, 6) is -1.05. The molecule has 0 heterocycles. The molecule has 0 fully saturated rings. The van der Waals surface area contributed by atoms with Crippen LogP contribution >= 0.6 is 11.6 Å². The van der Waals surface area contributed by atoms with E-state index in [0.717, 1.165) is 12.1 Å². The maximum Gasteiger partial charge on any atom is 0.262 e. The number of hydrogen-bond acceptors (Lipinski definition) is 4. The van der Waals surface area contributed by atoms with Crippen LogP contribution in [0, 0.1) is 5.82 Å². The van der Waals surface area contributed by atoms with Crippen molar-refractivity contribution in [1.29, 1.82) is 0 Å². The van der Waals surface area contributed by atoms with Gasteiger partial charge >= 0.3 is 0 Å². The number of ether oxygens (including phenoxy) is 1. The molecular weight excluding hydrogens is 319 g/mol. The third-order valence-electron chi connectivity index (χ3n) is 2.66. The van der Waals surface area contributed by atoms with E-state index in [2.05, 4.69) is 4.72 Å². The van der Waals surface area contributed by atoms with Crippen LogP contribution in [0.4, 0.5) is 15.8 Å². The lowest BCUT2D eigenvalue weighted by atomic mass is 10.3. The third kappa shape index (κ3) is 3.37. The van der Waals surface area contributed by atoms with Crippen molar-refractivity contribution in [2.75, 3.05) is 17.6 Å². The Kier molecular flexibility index (Phi) is 4.24. The summed E-state index contributed by atoms with van der Waals surface area (Å²) in [4.78, 5) is -0.298. The van der Waals surface area contributed by atoms with Gasteiger partial charge in [-0.2, -0.15) is 0 Å². The van der Waals surface area contributed by atoms with Gasteiger partial charge < -0.3 is 10.5 Å². The molecule has 5 nitrogen and oxygen atoms in total. The topological polar surface area (TPSA) is 81.4 Å². The second-order valence-corrected chi connectivity index (χ2v) is 6.26. The largest absolute Gasteiger partial charge is 0.492 e. The molecule has 0 saturated heterocycles. The highest BCUT2D eigenvalue weighted by Crippen LogP contribution is 2.29. The van der Waals surface area contributed by atoms with E-state index in [-0.39, 0.29) is 16.3 Å². The Morgan fingerprint density at radius 3 is 2.38 bits per heavy atom. The maximum absolute atomic E-state index is 13.7. The zero-order valence-corrected chi connectivity index (χ0v) is 12.5. The molecule has 3 N–H and O–H groups in total. The number of nitrogens with one attached hydrogen (secondary N) is 1. The van der Waals surface area contributed by atoms with Gasteiger partial charge in [-0.05, 0) is 36.4 Å². The second kappa shape index (κ2) is 5.79. The number of hydrogen-bond donors (Lipinski definition) is 2. The van der Waals surface area contributed by atoms with Crippen LogP contribution in [0.25, 0.3) is 0 Å². The van der Waals surface area contributed by atoms with Gasteiger partial charge in [0.25, 0.3) is 10.0 Å². The van der Waals surface area contributed by atoms with Crippen molar-refractivity contribution < 1.29 is 17.5 Å². The quantitative estimate of drug-likeness (QED) is 0.845. The van der Waals surface area contributed by atoms with E-state index in [9.17, 15) is 12.8 Å². The van der Waals surface area contributed by atoms with Crippen molar-refractivity contribution in [2.45, 2.75) is 4.90 Å². The molecule has 0 aromatic heterocycles. The number of nitrogen functional groups attached to an aromatic ring is 1. The van der Waals surface area contributed by atoms with Crippen LogP contribution in [-0.2, 0) is 10.0 Å². The minimum atomic E-state index is -3.96. The highest BCUT2D eigenvalue weighted by atomic mass is 35.5. The lowest BCUT2D eigenvalue weighted by molar-refractivity contribution is 0.388. The smallest absolute Gasteiger partial charge is 0.262 e. The number of rotatable bonds is 4. The van der Waals surface area contributed by atoms with Gasteiger partial charge in [0.1, 0.15) is 0 Å². The summed E-state index contributed by atoms with van der Waals surface area (Å²) in [7, 11) is -2.72. The van der Waals surface area contributed by atoms with E-state index in [0.29, 0.717) is 10.7 Å². The predicted octanol–water partition coefficient (Wildman–Crippen LogP) is 2.87. The minimum Gasteiger partial charge on any atom is -0.492 e. The van der Waals surface area contributed by atoms with Crippen molar-refractivity contribution in [3.63, 3.8) is 0 Å². The zero-order valence-electron chi connectivity index (χ0n) is 10.9. The van der Waals surface area contributed by atoms with Gasteiger partial charge in [-0.3, -0.25) is 4.72 Å². The fourth-order valence-corrected chi connectivity index (χ4v) is 2.92. The standard InChI is InChI=1S/C13H12ClFN2O3S/c1-20-13-11(15)6-10(7-12(13)16)21(18,19)17-9-4-2-8(14)3-5-9/h2-7,17H,16H2,1H3. The molecule has 0 aliphatic carbocycles. The van der Waals surface area contributed by atoms with E-state index < -0.39 is 15.8 Å². The van der Waals surface area contributed by atoms with E-state index in [1.54, 1.807) is 0 Å². The van der Waals surface area contributed by atoms with Crippen LogP contribution in [0.3, 0.4) is 0 Å². The first-order chi connectivity index (χ1) is 9.83. The summed E-state index contributed by atoms with van der Waals surface area (Å²) in [6.07, 6.45) is 0. The molecule has 0 aliphatic heterocycles. The van der Waals surface area contributed by atoms with Crippen molar-refractivity contribution in [3.05, 3.63) is 47.2 Å². The van der Waals surface area contributed by atoms with Crippen LogP contribution in [0.2, 0.25) is 5.02 Å². The molecule has 0 aliphatic rings. The predicted molar refractivity (Wildman–Crippen MR) is 79.6 cm³/mol. The van der Waals surface area contributed by atoms with E-state index in [1.807, 2.05) is 0 Å². The minimum absolute atomic E-state index is 0.103. The first-order valence-corrected chi connectivity index (χ1v) is 7.61. The van der Waals surface area contributed by atoms with Gasteiger partial charge in [-0.15, -0.1) is 0 Å². The Balaban J connectivity index is 2.38. The molecule has 0 saturated carbocycles. The van der Waals surface area contributed by atoms with E-state index in [4.69, 9.17) is 22.1 Å². The average molecular weight is 331 g/mol. The van der Waals surface area contributed by atoms with Gasteiger partial charge in [0.15, 0.2) is 11.6 Å². The van der Waals surface area contributed by atoms with Gasteiger partial charge in [0.2, 0.25) is 0 Å². The molecule has 0 atom stereocenters. The molecule has 0 amide bonds. The van der Waals surface area contributed by atoms with Crippen LogP contribution in [0.1, 0.15) is 0 Å². The molecule has 112 valence electrons. The second-order valence-electron chi connectivity index (χ2n) is 4.14. The summed E-state index contributed by atoms with van der Waals surface area (Å²) in [6.45, 7) is 0. The lowest BCUT2D eigenvalue weighted by Gasteiger charge is -2.11. The van der Waals surface area contributed by atoms with E-state index >= 15 is 0 Å². The maximum atomic E-state index is 13.7. The molecule has 2 rings (SSSR count). The molecule has 0 unspecified atom stereocenters. The first-order valence-electron chi connectivity index (χ1n) is 5.75. The molecule has 0 radical (unpaired) electrons. The lowest BCUT2D eigenvalue weighted by Crippen LogP contribution is -2.14. The van der Waals surface area contributed by atoms with Crippen LogP contribution < -0.4 is 15.2 Å². The van der Waals surface area contributed by atoms with Crippen LogP contribution in [-0.4, -0.2) is 15.5 Å². The fraction of sp³-hybridized carbons (Fsp3) is 0.0769. The number of methoxy groups -OCH3 is 1. The third-order valence-corrected chi connectivity index (χ3v) is 4.27. The summed E-state index contributed by atoms with van der Waals surface area (Å²) in [5, 5.41) is 0.470. The molecular formula is C13H12ClFN2O3S. The fourth-order valence-electron chi connectivity index (χ4n) is 1.69. The number of anilines is 2. The van der Waals surface area contributed by atoms with Crippen LogP contribution in [0.15, 0.2) is 41.3 Å². The number of benzene rings is 2. The molecule has 0 spiro atoms. The van der Waals surface area contributed by atoms with Crippen molar-refractivity contribution >= 4 is 33.0 Å². The highest BCUT2D eigenvalue weighted by Gasteiger charge is 2.19. The Bertz CT molecular complexity index is 740. The summed E-state index contributed by atoms with van der Waals surface area (Å²) < 4.78 is 45.1. The number of sulfonamides is 1. The molecule has 2 aromatic rings. The van der Waals surface area contributed by atoms with E-state index in [1.165, 1.54) is 31.4 Å². The summed E-state index contributed by atoms with van der Waals surface area (Å²) >= 11 is 5.72. The van der Waals surface area contributed by atoms with Gasteiger partial charge in [0.05, 0.1) is 17.7 Å². The van der Waals surface area contributed by atoms with Gasteiger partial charge in [0, 0.05) is 10.7 Å². The number of halogens is 2.